The van der Waals surface area contributed by atoms with Gasteiger partial charge in [0.05, 0.1) is 30.8 Å². The van der Waals surface area contributed by atoms with Crippen molar-refractivity contribution in [2.45, 2.75) is 58.4 Å². The zero-order chi connectivity index (χ0) is 18.5. The Morgan fingerprint density at radius 3 is 1.88 bits per heavy atom. The predicted octanol–water partition coefficient (Wildman–Crippen LogP) is 4.18. The van der Waals surface area contributed by atoms with E-state index in [0.717, 1.165) is 11.0 Å². The number of quaternary nitrogens is 1. The van der Waals surface area contributed by atoms with Crippen LogP contribution in [0.2, 0.25) is 0 Å². The van der Waals surface area contributed by atoms with Gasteiger partial charge >= 0.3 is 0 Å². The number of benzene rings is 1. The topological polar surface area (TPSA) is 57.2 Å². The Bertz CT molecular complexity index is 505. The van der Waals surface area contributed by atoms with Gasteiger partial charge in [0.2, 0.25) is 0 Å². The number of rotatable bonds is 10. The van der Waals surface area contributed by atoms with Crippen LogP contribution in [-0.4, -0.2) is 44.3 Å². The van der Waals surface area contributed by atoms with Gasteiger partial charge in [-0.15, -0.1) is 0 Å². The van der Waals surface area contributed by atoms with Crippen molar-refractivity contribution in [1.29, 1.82) is 0 Å². The minimum Gasteiger partial charge on any atom is -0.748 e. The zero-order valence-electron chi connectivity index (χ0n) is 15.8. The molecular weight excluding hydrogens is 322 g/mol. The van der Waals surface area contributed by atoms with Gasteiger partial charge in [0.15, 0.2) is 0 Å². The van der Waals surface area contributed by atoms with Crippen molar-refractivity contribution in [3.63, 3.8) is 0 Å². The molecular formula is C19H35NO3S. The van der Waals surface area contributed by atoms with E-state index in [1.54, 1.807) is 0 Å². The lowest BCUT2D eigenvalue weighted by molar-refractivity contribution is -0.903. The Labute approximate surface area is 149 Å². The summed E-state index contributed by atoms with van der Waals surface area (Å²) in [7, 11) is 0.786. The first kappa shape index (κ1) is 23.1. The third-order valence-corrected chi connectivity index (χ3v) is 3.82. The summed E-state index contributed by atoms with van der Waals surface area (Å²) >= 11 is 0. The fourth-order valence-electron chi connectivity index (χ4n) is 2.65. The Balaban J connectivity index is 0.000000922. The van der Waals surface area contributed by atoms with Crippen LogP contribution in [0.5, 0.6) is 0 Å². The quantitative estimate of drug-likeness (QED) is 0.359. The maximum atomic E-state index is 9.08. The van der Waals surface area contributed by atoms with Crippen LogP contribution in [0.25, 0.3) is 0 Å². The van der Waals surface area contributed by atoms with Crippen molar-refractivity contribution in [3.05, 3.63) is 35.9 Å². The van der Waals surface area contributed by atoms with Crippen LogP contribution < -0.4 is 0 Å². The first-order chi connectivity index (χ1) is 11.1. The van der Waals surface area contributed by atoms with Gasteiger partial charge in [-0.2, -0.15) is 0 Å². The van der Waals surface area contributed by atoms with Crippen LogP contribution in [0.1, 0.15) is 57.4 Å². The normalized spacial score (nSPS) is 11.7. The SMILES string of the molecule is CCCCCCCCC[N+](C)(C)Cc1ccccc1.CS(=O)(=O)[O-]. The van der Waals surface area contributed by atoms with Crippen molar-refractivity contribution in [3.8, 4) is 0 Å². The Hall–Kier alpha value is -0.910. The highest BCUT2D eigenvalue weighted by molar-refractivity contribution is 7.84. The molecule has 0 aliphatic heterocycles. The van der Waals surface area contributed by atoms with Gasteiger partial charge in [-0.3, -0.25) is 0 Å². The van der Waals surface area contributed by atoms with Crippen molar-refractivity contribution in [2.75, 3.05) is 26.9 Å². The van der Waals surface area contributed by atoms with Crippen LogP contribution in [0.3, 0.4) is 0 Å². The van der Waals surface area contributed by atoms with E-state index >= 15 is 0 Å². The molecule has 0 saturated carbocycles. The molecule has 0 N–H and O–H groups in total. The molecule has 0 fully saturated rings. The Kier molecular flexibility index (Phi) is 12.0. The summed E-state index contributed by atoms with van der Waals surface area (Å²) in [5.74, 6) is 0. The van der Waals surface area contributed by atoms with Gasteiger partial charge in [-0.1, -0.05) is 69.4 Å². The van der Waals surface area contributed by atoms with Gasteiger partial charge in [0, 0.05) is 11.8 Å². The molecule has 0 heterocycles. The second kappa shape index (κ2) is 12.5. The van der Waals surface area contributed by atoms with Crippen LogP contribution in [0.15, 0.2) is 30.3 Å². The molecule has 0 aromatic heterocycles. The molecule has 5 heteroatoms. The van der Waals surface area contributed by atoms with Gasteiger partial charge in [0.1, 0.15) is 6.54 Å². The van der Waals surface area contributed by atoms with Gasteiger partial charge < -0.3 is 9.04 Å². The number of hydrogen-bond acceptors (Lipinski definition) is 3. The van der Waals surface area contributed by atoms with Crippen LogP contribution >= 0.6 is 0 Å². The summed E-state index contributed by atoms with van der Waals surface area (Å²) in [6.07, 6.45) is 10.4. The first-order valence-electron chi connectivity index (χ1n) is 8.91. The lowest BCUT2D eigenvalue weighted by Gasteiger charge is -2.30. The number of nitrogens with zero attached hydrogens (tertiary/aromatic N) is 1. The van der Waals surface area contributed by atoms with Crippen molar-refractivity contribution in [2.24, 2.45) is 0 Å². The maximum Gasteiger partial charge on any atom is 0.104 e. The van der Waals surface area contributed by atoms with Gasteiger partial charge in [-0.25, -0.2) is 8.42 Å². The highest BCUT2D eigenvalue weighted by Crippen LogP contribution is 2.12. The molecule has 1 aromatic rings. The summed E-state index contributed by atoms with van der Waals surface area (Å²) in [5.41, 5.74) is 1.45. The highest BCUT2D eigenvalue weighted by Gasteiger charge is 2.14. The Morgan fingerprint density at radius 1 is 0.917 bits per heavy atom. The minimum absolute atomic E-state index is 0.604. The molecule has 0 amide bonds. The van der Waals surface area contributed by atoms with Crippen molar-refractivity contribution in [1.82, 2.24) is 0 Å². The molecule has 0 aliphatic carbocycles. The summed E-state index contributed by atoms with van der Waals surface area (Å²) in [5, 5.41) is 0. The molecule has 1 aromatic carbocycles. The lowest BCUT2D eigenvalue weighted by atomic mass is 10.1. The third kappa shape index (κ3) is 17.4. The van der Waals surface area contributed by atoms with Crippen molar-refractivity contribution >= 4 is 10.1 Å². The molecule has 24 heavy (non-hydrogen) atoms. The average molecular weight is 358 g/mol. The van der Waals surface area contributed by atoms with Gasteiger partial charge in [-0.05, 0) is 12.8 Å². The molecule has 0 unspecified atom stereocenters. The summed E-state index contributed by atoms with van der Waals surface area (Å²) in [4.78, 5) is 0. The summed E-state index contributed by atoms with van der Waals surface area (Å²) in [6, 6.07) is 10.9. The van der Waals surface area contributed by atoms with E-state index in [9.17, 15) is 0 Å². The molecule has 140 valence electrons. The van der Waals surface area contributed by atoms with E-state index in [2.05, 4.69) is 51.4 Å². The van der Waals surface area contributed by atoms with Crippen LogP contribution in [0, 0.1) is 0 Å². The van der Waals surface area contributed by atoms with E-state index in [1.165, 1.54) is 57.1 Å². The Morgan fingerprint density at radius 2 is 1.38 bits per heavy atom. The fraction of sp³-hybridized carbons (Fsp3) is 0.684. The van der Waals surface area contributed by atoms with Crippen LogP contribution in [0.4, 0.5) is 0 Å². The molecule has 0 saturated heterocycles. The standard InChI is InChI=1S/C18H32N.CH4O3S/c1-4-5-6-7-8-9-13-16-19(2,3)17-18-14-11-10-12-15-18;1-5(2,3)4/h10-12,14-15H,4-9,13,16-17H2,1-3H3;1H3,(H,2,3,4)/q+1;/p-1. The maximum absolute atomic E-state index is 9.08. The average Bonchev–Trinajstić information content (AvgIpc) is 2.45. The molecule has 1 rings (SSSR count). The number of unbranched alkanes of at least 4 members (excludes halogenated alkanes) is 6. The monoisotopic (exact) mass is 357 g/mol. The zero-order valence-corrected chi connectivity index (χ0v) is 16.6. The smallest absolute Gasteiger partial charge is 0.104 e. The van der Waals surface area contributed by atoms with Crippen LogP contribution in [-0.2, 0) is 16.7 Å². The molecule has 0 radical (unpaired) electrons. The predicted molar refractivity (Wildman–Crippen MR) is 101 cm³/mol. The highest BCUT2D eigenvalue weighted by atomic mass is 32.2. The molecule has 0 atom stereocenters. The second-order valence-corrected chi connectivity index (χ2v) is 8.54. The van der Waals surface area contributed by atoms with E-state index in [4.69, 9.17) is 13.0 Å². The van der Waals surface area contributed by atoms with E-state index in [-0.39, 0.29) is 0 Å². The second-order valence-electron chi connectivity index (χ2n) is 7.13. The molecule has 4 nitrogen and oxygen atoms in total. The third-order valence-electron chi connectivity index (χ3n) is 3.82. The molecule has 0 bridgehead atoms. The summed E-state index contributed by atoms with van der Waals surface area (Å²) < 4.78 is 28.3. The van der Waals surface area contributed by atoms with Gasteiger partial charge in [0.25, 0.3) is 0 Å². The fourth-order valence-corrected chi connectivity index (χ4v) is 2.65. The largest absolute Gasteiger partial charge is 0.748 e. The lowest BCUT2D eigenvalue weighted by Crippen LogP contribution is -2.39. The van der Waals surface area contributed by atoms with E-state index in [0.29, 0.717) is 6.26 Å². The number of hydrogen-bond donors (Lipinski definition) is 0. The van der Waals surface area contributed by atoms with E-state index in [1.807, 2.05) is 0 Å². The van der Waals surface area contributed by atoms with Crippen molar-refractivity contribution < 1.29 is 17.5 Å². The molecule has 0 spiro atoms. The summed E-state index contributed by atoms with van der Waals surface area (Å²) in [6.45, 7) is 4.73. The van der Waals surface area contributed by atoms with E-state index < -0.39 is 10.1 Å². The molecule has 0 aliphatic rings. The minimum atomic E-state index is -3.92. The first-order valence-corrected chi connectivity index (χ1v) is 10.7.